The number of hydrogen-bond donors (Lipinski definition) is 2. The highest BCUT2D eigenvalue weighted by atomic mass is 16.1. The van der Waals surface area contributed by atoms with Gasteiger partial charge in [0.1, 0.15) is 5.54 Å². The number of nitrogens with one attached hydrogen (secondary N) is 1. The maximum Gasteiger partial charge on any atom is 0.239 e. The van der Waals surface area contributed by atoms with E-state index >= 15 is 0 Å². The van der Waals surface area contributed by atoms with Gasteiger partial charge in [0.15, 0.2) is 0 Å². The lowest BCUT2D eigenvalue weighted by atomic mass is 9.97. The highest BCUT2D eigenvalue weighted by molar-refractivity contribution is 5.85. The molecule has 1 aliphatic carbocycles. The molecule has 0 spiro atoms. The summed E-state index contributed by atoms with van der Waals surface area (Å²) >= 11 is 0. The van der Waals surface area contributed by atoms with Crippen LogP contribution in [0.3, 0.4) is 0 Å². The third-order valence-electron chi connectivity index (χ3n) is 3.68. The average molecular weight is 225 g/mol. The number of carbonyl (C=O) groups is 1. The summed E-state index contributed by atoms with van der Waals surface area (Å²) in [6.45, 7) is 6.98. The summed E-state index contributed by atoms with van der Waals surface area (Å²) in [7, 11) is 0. The van der Waals surface area contributed by atoms with Gasteiger partial charge >= 0.3 is 0 Å². The van der Waals surface area contributed by atoms with Gasteiger partial charge in [0.2, 0.25) is 5.91 Å². The molecule has 16 heavy (non-hydrogen) atoms. The Morgan fingerprint density at radius 3 is 2.75 bits per heavy atom. The molecule has 0 aromatic heterocycles. The zero-order valence-electron chi connectivity index (χ0n) is 10.3. The molecular formula is C12H23N3O. The van der Waals surface area contributed by atoms with E-state index in [4.69, 9.17) is 5.73 Å². The fourth-order valence-electron chi connectivity index (χ4n) is 2.42. The van der Waals surface area contributed by atoms with Gasteiger partial charge in [-0.2, -0.15) is 0 Å². The quantitative estimate of drug-likeness (QED) is 0.708. The van der Waals surface area contributed by atoms with Crippen LogP contribution in [0.4, 0.5) is 0 Å². The summed E-state index contributed by atoms with van der Waals surface area (Å²) in [5.74, 6) is 0.363. The highest BCUT2D eigenvalue weighted by Gasteiger charge is 2.46. The summed E-state index contributed by atoms with van der Waals surface area (Å²) in [6, 6.07) is 0.724. The smallest absolute Gasteiger partial charge is 0.239 e. The third kappa shape index (κ3) is 2.38. The molecule has 0 aromatic carbocycles. The minimum absolute atomic E-state index is 0.184. The van der Waals surface area contributed by atoms with Gasteiger partial charge in [-0.1, -0.05) is 13.8 Å². The molecule has 1 aliphatic heterocycles. The van der Waals surface area contributed by atoms with Crippen molar-refractivity contribution in [3.05, 3.63) is 0 Å². The molecule has 3 N–H and O–H groups in total. The summed E-state index contributed by atoms with van der Waals surface area (Å²) in [5.41, 5.74) is 5.11. The second-order valence-corrected chi connectivity index (χ2v) is 5.67. The van der Waals surface area contributed by atoms with Crippen LogP contribution in [0, 0.1) is 5.92 Å². The standard InChI is InChI=1S/C12H23N3O/c1-9(2)7-14-12(11(13)16)5-6-15(8-12)10-3-4-10/h9-10,14H,3-8H2,1-2H3,(H2,13,16). The van der Waals surface area contributed by atoms with E-state index in [-0.39, 0.29) is 5.91 Å². The number of rotatable bonds is 5. The van der Waals surface area contributed by atoms with E-state index in [0.29, 0.717) is 5.92 Å². The largest absolute Gasteiger partial charge is 0.368 e. The van der Waals surface area contributed by atoms with Crippen LogP contribution in [0.15, 0.2) is 0 Å². The predicted molar refractivity (Wildman–Crippen MR) is 64.0 cm³/mol. The van der Waals surface area contributed by atoms with Crippen molar-refractivity contribution < 1.29 is 4.79 Å². The van der Waals surface area contributed by atoms with Crippen molar-refractivity contribution >= 4 is 5.91 Å². The minimum Gasteiger partial charge on any atom is -0.368 e. The van der Waals surface area contributed by atoms with Crippen LogP contribution in [0.2, 0.25) is 0 Å². The lowest BCUT2D eigenvalue weighted by Crippen LogP contribution is -2.58. The number of hydrogen-bond acceptors (Lipinski definition) is 3. The van der Waals surface area contributed by atoms with Crippen molar-refractivity contribution in [3.8, 4) is 0 Å². The molecule has 1 heterocycles. The first kappa shape index (κ1) is 11.9. The van der Waals surface area contributed by atoms with Crippen molar-refractivity contribution in [2.75, 3.05) is 19.6 Å². The zero-order valence-corrected chi connectivity index (χ0v) is 10.3. The number of primary amides is 1. The van der Waals surface area contributed by atoms with Crippen LogP contribution in [-0.2, 0) is 4.79 Å². The van der Waals surface area contributed by atoms with E-state index in [1.54, 1.807) is 0 Å². The van der Waals surface area contributed by atoms with Gasteiger partial charge in [0.05, 0.1) is 0 Å². The molecule has 1 unspecified atom stereocenters. The molecule has 1 amide bonds. The summed E-state index contributed by atoms with van der Waals surface area (Å²) in [5, 5.41) is 3.39. The molecule has 2 rings (SSSR count). The van der Waals surface area contributed by atoms with E-state index in [2.05, 4.69) is 24.1 Å². The topological polar surface area (TPSA) is 58.4 Å². The summed E-state index contributed by atoms with van der Waals surface area (Å²) in [6.07, 6.45) is 3.45. The lowest BCUT2D eigenvalue weighted by molar-refractivity contribution is -0.124. The number of nitrogens with two attached hydrogens (primary N) is 1. The van der Waals surface area contributed by atoms with Crippen LogP contribution < -0.4 is 11.1 Å². The number of nitrogens with zero attached hydrogens (tertiary/aromatic N) is 1. The monoisotopic (exact) mass is 225 g/mol. The third-order valence-corrected chi connectivity index (χ3v) is 3.68. The first-order valence-corrected chi connectivity index (χ1v) is 6.32. The second kappa shape index (κ2) is 4.34. The van der Waals surface area contributed by atoms with E-state index in [1.165, 1.54) is 12.8 Å². The Balaban J connectivity index is 1.96. The number of amides is 1. The SMILES string of the molecule is CC(C)CNC1(C(N)=O)CCN(C2CC2)C1. The van der Waals surface area contributed by atoms with E-state index < -0.39 is 5.54 Å². The van der Waals surface area contributed by atoms with E-state index in [1.807, 2.05) is 0 Å². The van der Waals surface area contributed by atoms with Gasteiger partial charge in [-0.05, 0) is 31.7 Å². The normalized spacial score (nSPS) is 31.2. The van der Waals surface area contributed by atoms with Crippen molar-refractivity contribution in [2.45, 2.75) is 44.7 Å². The van der Waals surface area contributed by atoms with Gasteiger partial charge in [0.25, 0.3) is 0 Å². The Labute approximate surface area is 97.6 Å². The Morgan fingerprint density at radius 1 is 1.56 bits per heavy atom. The number of carbonyl (C=O) groups excluding carboxylic acids is 1. The van der Waals surface area contributed by atoms with Crippen LogP contribution in [0.25, 0.3) is 0 Å². The van der Waals surface area contributed by atoms with Gasteiger partial charge in [0, 0.05) is 19.1 Å². The second-order valence-electron chi connectivity index (χ2n) is 5.67. The van der Waals surface area contributed by atoms with Crippen LogP contribution in [-0.4, -0.2) is 42.0 Å². The van der Waals surface area contributed by atoms with Crippen molar-refractivity contribution in [3.63, 3.8) is 0 Å². The van der Waals surface area contributed by atoms with Crippen LogP contribution in [0.5, 0.6) is 0 Å². The van der Waals surface area contributed by atoms with Crippen molar-refractivity contribution in [2.24, 2.45) is 11.7 Å². The molecule has 4 nitrogen and oxygen atoms in total. The molecule has 1 atom stereocenters. The Bertz CT molecular complexity index is 275. The Kier molecular flexibility index (Phi) is 3.22. The lowest BCUT2D eigenvalue weighted by Gasteiger charge is -2.28. The maximum atomic E-state index is 11.7. The fraction of sp³-hybridized carbons (Fsp3) is 0.917. The molecule has 0 aromatic rings. The molecular weight excluding hydrogens is 202 g/mol. The predicted octanol–water partition coefficient (Wildman–Crippen LogP) is 0.324. The van der Waals surface area contributed by atoms with Crippen LogP contribution in [0.1, 0.15) is 33.1 Å². The van der Waals surface area contributed by atoms with Gasteiger partial charge in [-0.15, -0.1) is 0 Å². The van der Waals surface area contributed by atoms with Gasteiger partial charge in [-0.25, -0.2) is 0 Å². The Morgan fingerprint density at radius 2 is 2.25 bits per heavy atom. The molecule has 0 bridgehead atoms. The van der Waals surface area contributed by atoms with Crippen molar-refractivity contribution in [1.29, 1.82) is 0 Å². The molecule has 0 radical (unpaired) electrons. The van der Waals surface area contributed by atoms with Gasteiger partial charge in [-0.3, -0.25) is 9.69 Å². The summed E-state index contributed by atoms with van der Waals surface area (Å²) in [4.78, 5) is 14.1. The van der Waals surface area contributed by atoms with Gasteiger partial charge < -0.3 is 11.1 Å². The maximum absolute atomic E-state index is 11.7. The van der Waals surface area contributed by atoms with E-state index in [0.717, 1.165) is 32.1 Å². The molecule has 4 heteroatoms. The zero-order chi connectivity index (χ0) is 11.8. The first-order valence-electron chi connectivity index (χ1n) is 6.32. The fourth-order valence-corrected chi connectivity index (χ4v) is 2.42. The molecule has 1 saturated carbocycles. The van der Waals surface area contributed by atoms with Crippen molar-refractivity contribution in [1.82, 2.24) is 10.2 Å². The van der Waals surface area contributed by atoms with Crippen LogP contribution >= 0.6 is 0 Å². The Hall–Kier alpha value is -0.610. The minimum atomic E-state index is -0.465. The molecule has 1 saturated heterocycles. The molecule has 2 fully saturated rings. The van der Waals surface area contributed by atoms with E-state index in [9.17, 15) is 4.79 Å². The molecule has 2 aliphatic rings. The number of likely N-dealkylation sites (tertiary alicyclic amines) is 1. The summed E-state index contributed by atoms with van der Waals surface area (Å²) < 4.78 is 0. The highest BCUT2D eigenvalue weighted by Crippen LogP contribution is 2.33. The molecule has 92 valence electrons. The average Bonchev–Trinajstić information content (AvgIpc) is 2.96. The first-order chi connectivity index (χ1) is 7.53.